The third-order valence-corrected chi connectivity index (χ3v) is 4.63. The van der Waals surface area contributed by atoms with Crippen LogP contribution in [0, 0.1) is 0 Å². The molecule has 0 aliphatic carbocycles. The van der Waals surface area contributed by atoms with Gasteiger partial charge in [0.15, 0.2) is 5.78 Å². The number of para-hydroxylation sites is 1. The van der Waals surface area contributed by atoms with Gasteiger partial charge in [-0.3, -0.25) is 4.79 Å². The van der Waals surface area contributed by atoms with E-state index < -0.39 is 0 Å². The lowest BCUT2D eigenvalue weighted by Gasteiger charge is -2.11. The van der Waals surface area contributed by atoms with Crippen LogP contribution in [0.5, 0.6) is 0 Å². The second-order valence-corrected chi connectivity index (χ2v) is 6.36. The summed E-state index contributed by atoms with van der Waals surface area (Å²) in [6.45, 7) is 0. The van der Waals surface area contributed by atoms with Crippen LogP contribution >= 0.6 is 0 Å². The molecule has 0 atom stereocenters. The summed E-state index contributed by atoms with van der Waals surface area (Å²) in [5.41, 5.74) is 4.31. The predicted molar refractivity (Wildman–Crippen MR) is 113 cm³/mol. The molecule has 0 fully saturated rings. The molecule has 0 radical (unpaired) electrons. The van der Waals surface area contributed by atoms with Crippen molar-refractivity contribution < 1.29 is 4.79 Å². The van der Waals surface area contributed by atoms with Crippen molar-refractivity contribution in [1.82, 2.24) is 0 Å². The van der Waals surface area contributed by atoms with Gasteiger partial charge in [-0.1, -0.05) is 48.5 Å². The summed E-state index contributed by atoms with van der Waals surface area (Å²) in [7, 11) is 1.88. The minimum atomic E-state index is 0.0227. The van der Waals surface area contributed by atoms with Crippen molar-refractivity contribution in [2.75, 3.05) is 17.7 Å². The van der Waals surface area contributed by atoms with Crippen LogP contribution in [0.1, 0.15) is 15.9 Å². The lowest BCUT2D eigenvalue weighted by Crippen LogP contribution is -2.04. The maximum absolute atomic E-state index is 13.1. The van der Waals surface area contributed by atoms with Crippen molar-refractivity contribution in [1.29, 1.82) is 0 Å². The molecule has 2 N–H and O–H groups in total. The maximum Gasteiger partial charge on any atom is 0.193 e. The zero-order valence-corrected chi connectivity index (χ0v) is 15.1. The first-order chi connectivity index (χ1) is 13.3. The maximum atomic E-state index is 13.1. The molecule has 0 spiro atoms. The fourth-order valence-electron chi connectivity index (χ4n) is 3.29. The van der Waals surface area contributed by atoms with Gasteiger partial charge in [0.2, 0.25) is 0 Å². The number of anilines is 3. The number of fused-ring (bicyclic) bond motifs is 1. The molecule has 0 heterocycles. The second-order valence-electron chi connectivity index (χ2n) is 6.36. The third-order valence-electron chi connectivity index (χ3n) is 4.63. The average molecular weight is 352 g/mol. The van der Waals surface area contributed by atoms with Crippen LogP contribution in [0.3, 0.4) is 0 Å². The Morgan fingerprint density at radius 3 is 2.07 bits per heavy atom. The molecule has 4 rings (SSSR count). The van der Waals surface area contributed by atoms with E-state index in [4.69, 9.17) is 0 Å². The molecule has 3 nitrogen and oxygen atoms in total. The van der Waals surface area contributed by atoms with Gasteiger partial charge in [0, 0.05) is 40.6 Å². The summed E-state index contributed by atoms with van der Waals surface area (Å²) >= 11 is 0. The minimum Gasteiger partial charge on any atom is -0.388 e. The lowest BCUT2D eigenvalue weighted by molar-refractivity contribution is 0.104. The smallest absolute Gasteiger partial charge is 0.193 e. The van der Waals surface area contributed by atoms with Crippen LogP contribution < -0.4 is 10.6 Å². The van der Waals surface area contributed by atoms with E-state index in [1.54, 1.807) is 0 Å². The van der Waals surface area contributed by atoms with Crippen LogP contribution in [0.15, 0.2) is 91.0 Å². The van der Waals surface area contributed by atoms with Crippen LogP contribution in [0.4, 0.5) is 17.1 Å². The molecule has 0 aliphatic heterocycles. The quantitative estimate of drug-likeness (QED) is 0.442. The van der Waals surface area contributed by atoms with Crippen molar-refractivity contribution in [3.8, 4) is 0 Å². The average Bonchev–Trinajstić information content (AvgIpc) is 2.73. The molecule has 0 aliphatic rings. The highest BCUT2D eigenvalue weighted by Gasteiger charge is 2.14. The van der Waals surface area contributed by atoms with Crippen molar-refractivity contribution >= 4 is 33.6 Å². The number of ketones is 1. The SMILES string of the molecule is CNc1cccc2cccc(C(=O)c3ccc(Nc4ccccc4)cc3)c12. The van der Waals surface area contributed by atoms with E-state index in [1.807, 2.05) is 98.0 Å². The number of nitrogens with one attached hydrogen (secondary N) is 2. The third kappa shape index (κ3) is 3.40. The van der Waals surface area contributed by atoms with Gasteiger partial charge >= 0.3 is 0 Å². The van der Waals surface area contributed by atoms with Crippen molar-refractivity contribution in [3.63, 3.8) is 0 Å². The lowest BCUT2D eigenvalue weighted by atomic mass is 9.96. The van der Waals surface area contributed by atoms with Gasteiger partial charge < -0.3 is 10.6 Å². The molecule has 3 heteroatoms. The van der Waals surface area contributed by atoms with Gasteiger partial charge in [0.05, 0.1) is 0 Å². The monoisotopic (exact) mass is 352 g/mol. The first-order valence-corrected chi connectivity index (χ1v) is 8.92. The van der Waals surface area contributed by atoms with Crippen LogP contribution in [-0.4, -0.2) is 12.8 Å². The number of benzene rings is 4. The van der Waals surface area contributed by atoms with E-state index >= 15 is 0 Å². The van der Waals surface area contributed by atoms with E-state index in [0.29, 0.717) is 11.1 Å². The highest BCUT2D eigenvalue weighted by molar-refractivity contribution is 6.19. The number of carbonyl (C=O) groups excluding carboxylic acids is 1. The van der Waals surface area contributed by atoms with Crippen molar-refractivity contribution in [3.05, 3.63) is 102 Å². The van der Waals surface area contributed by atoms with E-state index in [0.717, 1.165) is 27.8 Å². The molecular weight excluding hydrogens is 332 g/mol. The highest BCUT2D eigenvalue weighted by Crippen LogP contribution is 2.29. The molecule has 132 valence electrons. The Bertz CT molecular complexity index is 1080. The molecule has 0 saturated heterocycles. The van der Waals surface area contributed by atoms with E-state index in [2.05, 4.69) is 10.6 Å². The highest BCUT2D eigenvalue weighted by atomic mass is 16.1. The molecular formula is C24H20N2O. The summed E-state index contributed by atoms with van der Waals surface area (Å²) in [5.74, 6) is 0.0227. The fraction of sp³-hybridized carbons (Fsp3) is 0.0417. The Labute approximate surface area is 158 Å². The van der Waals surface area contributed by atoms with Crippen molar-refractivity contribution in [2.24, 2.45) is 0 Å². The van der Waals surface area contributed by atoms with E-state index in [1.165, 1.54) is 0 Å². The molecule has 0 bridgehead atoms. The van der Waals surface area contributed by atoms with Crippen LogP contribution in [0.25, 0.3) is 10.8 Å². The summed E-state index contributed by atoms with van der Waals surface area (Å²) in [4.78, 5) is 13.1. The van der Waals surface area contributed by atoms with Crippen LogP contribution in [0.2, 0.25) is 0 Å². The van der Waals surface area contributed by atoms with Gasteiger partial charge in [0.25, 0.3) is 0 Å². The number of rotatable bonds is 5. The Morgan fingerprint density at radius 1 is 0.704 bits per heavy atom. The summed E-state index contributed by atoms with van der Waals surface area (Å²) < 4.78 is 0. The zero-order valence-electron chi connectivity index (χ0n) is 15.1. The Kier molecular flexibility index (Phi) is 4.58. The minimum absolute atomic E-state index is 0.0227. The Hall–Kier alpha value is -3.59. The molecule has 4 aromatic carbocycles. The van der Waals surface area contributed by atoms with Crippen molar-refractivity contribution in [2.45, 2.75) is 0 Å². The van der Waals surface area contributed by atoms with Gasteiger partial charge in [-0.15, -0.1) is 0 Å². The molecule has 0 saturated carbocycles. The number of carbonyl (C=O) groups is 1. The number of hydrogen-bond acceptors (Lipinski definition) is 3. The summed E-state index contributed by atoms with van der Waals surface area (Å²) in [6.07, 6.45) is 0. The standard InChI is InChI=1S/C24H20N2O/c1-25-22-12-6-8-17-7-5-11-21(23(17)22)24(27)18-13-15-20(16-14-18)26-19-9-3-2-4-10-19/h2-16,25-26H,1H3. The van der Waals surface area contributed by atoms with Gasteiger partial charge in [-0.2, -0.15) is 0 Å². The van der Waals surface area contributed by atoms with Gasteiger partial charge in [-0.25, -0.2) is 0 Å². The first kappa shape index (κ1) is 16.9. The van der Waals surface area contributed by atoms with Gasteiger partial charge in [0.1, 0.15) is 0 Å². The second kappa shape index (κ2) is 7.34. The largest absolute Gasteiger partial charge is 0.388 e. The summed E-state index contributed by atoms with van der Waals surface area (Å²) in [6, 6.07) is 29.4. The molecule has 4 aromatic rings. The molecule has 0 unspecified atom stereocenters. The first-order valence-electron chi connectivity index (χ1n) is 8.92. The number of hydrogen-bond donors (Lipinski definition) is 2. The van der Waals surface area contributed by atoms with E-state index in [-0.39, 0.29) is 5.78 Å². The van der Waals surface area contributed by atoms with E-state index in [9.17, 15) is 4.79 Å². The zero-order chi connectivity index (χ0) is 18.6. The Morgan fingerprint density at radius 2 is 1.37 bits per heavy atom. The fourth-order valence-corrected chi connectivity index (χ4v) is 3.29. The Balaban J connectivity index is 1.66. The molecule has 0 amide bonds. The predicted octanol–water partition coefficient (Wildman–Crippen LogP) is 5.86. The van der Waals surface area contributed by atoms with Gasteiger partial charge in [-0.05, 0) is 47.9 Å². The summed E-state index contributed by atoms with van der Waals surface area (Å²) in [5, 5.41) is 8.54. The molecule has 27 heavy (non-hydrogen) atoms. The normalized spacial score (nSPS) is 10.6. The topological polar surface area (TPSA) is 41.1 Å². The molecule has 0 aromatic heterocycles. The van der Waals surface area contributed by atoms with Crippen LogP contribution in [-0.2, 0) is 0 Å².